The van der Waals surface area contributed by atoms with Gasteiger partial charge in [0.25, 0.3) is 0 Å². The summed E-state index contributed by atoms with van der Waals surface area (Å²) < 4.78 is 29.7. The van der Waals surface area contributed by atoms with Crippen LogP contribution < -0.4 is 15.4 Å². The molecule has 0 saturated carbocycles. The summed E-state index contributed by atoms with van der Waals surface area (Å²) in [4.78, 5) is 4.10. The summed E-state index contributed by atoms with van der Waals surface area (Å²) in [5, 5.41) is 6.32. The van der Waals surface area contributed by atoms with E-state index in [1.54, 1.807) is 7.05 Å². The third-order valence-corrected chi connectivity index (χ3v) is 3.48. The predicted octanol–water partition coefficient (Wildman–Crippen LogP) is -0.730. The van der Waals surface area contributed by atoms with Gasteiger partial charge in [-0.2, -0.15) is 0 Å². The minimum atomic E-state index is -3.09. The molecule has 0 spiro atoms. The first-order chi connectivity index (χ1) is 9.01. The quantitative estimate of drug-likeness (QED) is 0.327. The van der Waals surface area contributed by atoms with Gasteiger partial charge in [0.1, 0.15) is 0 Å². The Hall–Kier alpha value is -0.860. The van der Waals surface area contributed by atoms with Crippen LogP contribution in [0.5, 0.6) is 0 Å². The van der Waals surface area contributed by atoms with Crippen molar-refractivity contribution in [2.45, 2.75) is 25.4 Å². The van der Waals surface area contributed by atoms with Crippen LogP contribution in [0.4, 0.5) is 0 Å². The van der Waals surface area contributed by atoms with E-state index in [4.69, 9.17) is 4.74 Å². The number of guanidine groups is 1. The van der Waals surface area contributed by atoms with Crippen LogP contribution in [0.15, 0.2) is 4.99 Å². The van der Waals surface area contributed by atoms with E-state index in [-0.39, 0.29) is 6.10 Å². The minimum Gasteiger partial charge on any atom is -0.376 e. The molecular formula is C11H24N4O3S. The van der Waals surface area contributed by atoms with Gasteiger partial charge in [-0.1, -0.05) is 0 Å². The Balaban J connectivity index is 2.08. The summed E-state index contributed by atoms with van der Waals surface area (Å²) >= 11 is 0. The zero-order valence-electron chi connectivity index (χ0n) is 11.6. The van der Waals surface area contributed by atoms with Crippen molar-refractivity contribution in [1.29, 1.82) is 0 Å². The molecule has 0 aromatic rings. The van der Waals surface area contributed by atoms with Gasteiger partial charge < -0.3 is 15.4 Å². The molecule has 0 amide bonds. The molecule has 8 heteroatoms. The summed E-state index contributed by atoms with van der Waals surface area (Å²) in [5.41, 5.74) is 0. The average Bonchev–Trinajstić information content (AvgIpc) is 2.84. The third-order valence-electron chi connectivity index (χ3n) is 2.76. The molecule has 1 heterocycles. The number of nitrogens with one attached hydrogen (secondary N) is 3. The lowest BCUT2D eigenvalue weighted by atomic mass is 10.2. The molecule has 0 radical (unpaired) electrons. The van der Waals surface area contributed by atoms with E-state index in [2.05, 4.69) is 20.3 Å². The Kier molecular flexibility index (Phi) is 7.11. The van der Waals surface area contributed by atoms with Gasteiger partial charge in [0, 0.05) is 33.3 Å². The van der Waals surface area contributed by atoms with Crippen LogP contribution in [0.25, 0.3) is 0 Å². The van der Waals surface area contributed by atoms with Crippen LogP contribution in [0.3, 0.4) is 0 Å². The second-order valence-electron chi connectivity index (χ2n) is 4.53. The van der Waals surface area contributed by atoms with Crippen molar-refractivity contribution in [3.63, 3.8) is 0 Å². The normalized spacial score (nSPS) is 20.5. The van der Waals surface area contributed by atoms with Crippen molar-refractivity contribution in [2.75, 3.05) is 39.5 Å². The first kappa shape index (κ1) is 16.2. The fourth-order valence-electron chi connectivity index (χ4n) is 1.79. The molecule has 3 N–H and O–H groups in total. The fraction of sp³-hybridized carbons (Fsp3) is 0.909. The molecule has 1 atom stereocenters. The summed E-state index contributed by atoms with van der Waals surface area (Å²) in [6.07, 6.45) is 4.33. The van der Waals surface area contributed by atoms with Crippen molar-refractivity contribution in [3.8, 4) is 0 Å². The fourth-order valence-corrected chi connectivity index (χ4v) is 2.30. The highest BCUT2D eigenvalue weighted by Gasteiger charge is 2.15. The van der Waals surface area contributed by atoms with E-state index in [1.165, 1.54) is 0 Å². The number of hydrogen-bond donors (Lipinski definition) is 3. The highest BCUT2D eigenvalue weighted by atomic mass is 32.2. The predicted molar refractivity (Wildman–Crippen MR) is 75.8 cm³/mol. The molecule has 0 aromatic heterocycles. The summed E-state index contributed by atoms with van der Waals surface area (Å²) in [7, 11) is -1.38. The van der Waals surface area contributed by atoms with E-state index in [9.17, 15) is 8.42 Å². The second-order valence-corrected chi connectivity index (χ2v) is 6.37. The Labute approximate surface area is 115 Å². The van der Waals surface area contributed by atoms with Gasteiger partial charge in [0.2, 0.25) is 10.0 Å². The maximum atomic E-state index is 10.9. The number of rotatable bonds is 7. The lowest BCUT2D eigenvalue weighted by Gasteiger charge is -2.14. The molecule has 1 fully saturated rings. The Morgan fingerprint density at radius 3 is 2.74 bits per heavy atom. The van der Waals surface area contributed by atoms with Crippen molar-refractivity contribution >= 4 is 16.0 Å². The van der Waals surface area contributed by atoms with Crippen LogP contribution in [0.1, 0.15) is 19.3 Å². The van der Waals surface area contributed by atoms with Gasteiger partial charge in [0.05, 0.1) is 12.4 Å². The molecule has 1 saturated heterocycles. The number of nitrogens with zero attached hydrogens (tertiary/aromatic N) is 1. The van der Waals surface area contributed by atoms with E-state index in [0.717, 1.165) is 38.2 Å². The van der Waals surface area contributed by atoms with Crippen LogP contribution in [0.2, 0.25) is 0 Å². The van der Waals surface area contributed by atoms with Gasteiger partial charge >= 0.3 is 0 Å². The highest BCUT2D eigenvalue weighted by Crippen LogP contribution is 2.10. The monoisotopic (exact) mass is 292 g/mol. The van der Waals surface area contributed by atoms with Crippen molar-refractivity contribution in [3.05, 3.63) is 0 Å². The van der Waals surface area contributed by atoms with Crippen molar-refractivity contribution in [1.82, 2.24) is 15.4 Å². The largest absolute Gasteiger partial charge is 0.376 e. The smallest absolute Gasteiger partial charge is 0.208 e. The molecule has 0 aliphatic carbocycles. The minimum absolute atomic E-state index is 0.269. The lowest BCUT2D eigenvalue weighted by Crippen LogP contribution is -2.41. The van der Waals surface area contributed by atoms with Gasteiger partial charge in [-0.25, -0.2) is 13.1 Å². The highest BCUT2D eigenvalue weighted by molar-refractivity contribution is 7.88. The molecule has 0 aromatic carbocycles. The third kappa shape index (κ3) is 8.02. The van der Waals surface area contributed by atoms with Crippen LogP contribution in [-0.4, -0.2) is 60.0 Å². The van der Waals surface area contributed by atoms with E-state index in [0.29, 0.717) is 19.5 Å². The summed E-state index contributed by atoms with van der Waals surface area (Å²) in [6, 6.07) is 0. The Bertz CT molecular complexity index is 377. The molecule has 1 aliphatic heterocycles. The zero-order chi connectivity index (χ0) is 14.1. The molecular weight excluding hydrogens is 268 g/mol. The number of hydrogen-bond acceptors (Lipinski definition) is 4. The molecule has 1 rings (SSSR count). The number of sulfonamides is 1. The zero-order valence-corrected chi connectivity index (χ0v) is 12.4. The van der Waals surface area contributed by atoms with Crippen molar-refractivity contribution < 1.29 is 13.2 Å². The summed E-state index contributed by atoms with van der Waals surface area (Å²) in [5.74, 6) is 0.717. The first-order valence-corrected chi connectivity index (χ1v) is 8.41. The number of aliphatic imine (C=N–C) groups is 1. The van der Waals surface area contributed by atoms with Gasteiger partial charge in [-0.05, 0) is 19.3 Å². The first-order valence-electron chi connectivity index (χ1n) is 6.52. The van der Waals surface area contributed by atoms with Gasteiger partial charge in [-0.3, -0.25) is 4.99 Å². The molecule has 112 valence electrons. The SMILES string of the molecule is CN=C(NCCCNS(C)(=O)=O)NCC1CCCO1. The van der Waals surface area contributed by atoms with Gasteiger partial charge in [0.15, 0.2) is 5.96 Å². The lowest BCUT2D eigenvalue weighted by molar-refractivity contribution is 0.114. The number of ether oxygens (including phenoxy) is 1. The summed E-state index contributed by atoms with van der Waals surface area (Å²) in [6.45, 7) is 2.68. The van der Waals surface area contributed by atoms with Crippen LogP contribution in [-0.2, 0) is 14.8 Å². The van der Waals surface area contributed by atoms with E-state index in [1.807, 2.05) is 0 Å². The van der Waals surface area contributed by atoms with E-state index < -0.39 is 10.0 Å². The van der Waals surface area contributed by atoms with Crippen molar-refractivity contribution in [2.24, 2.45) is 4.99 Å². The molecule has 7 nitrogen and oxygen atoms in total. The molecule has 0 bridgehead atoms. The molecule has 1 aliphatic rings. The maximum Gasteiger partial charge on any atom is 0.208 e. The Morgan fingerprint density at radius 1 is 1.37 bits per heavy atom. The second kappa shape index (κ2) is 8.34. The van der Waals surface area contributed by atoms with Crippen LogP contribution >= 0.6 is 0 Å². The maximum absolute atomic E-state index is 10.9. The molecule has 19 heavy (non-hydrogen) atoms. The van der Waals surface area contributed by atoms with E-state index >= 15 is 0 Å². The molecule has 1 unspecified atom stereocenters. The van der Waals surface area contributed by atoms with Gasteiger partial charge in [-0.15, -0.1) is 0 Å². The topological polar surface area (TPSA) is 91.8 Å². The average molecular weight is 292 g/mol. The Morgan fingerprint density at radius 2 is 2.16 bits per heavy atom. The van der Waals surface area contributed by atoms with Crippen LogP contribution in [0, 0.1) is 0 Å². The standard InChI is InChI=1S/C11H24N4O3S/c1-12-11(14-9-10-5-3-8-18-10)13-6-4-7-15-19(2,16)17/h10,15H,3-9H2,1-2H3,(H2,12,13,14).